The molecule has 0 aromatic rings. The molecule has 26 heavy (non-hydrogen) atoms. The van der Waals surface area contributed by atoms with Crippen LogP contribution in [0.2, 0.25) is 0 Å². The lowest BCUT2D eigenvalue weighted by atomic mass is 10.0. The van der Waals surface area contributed by atoms with Crippen LogP contribution >= 0.6 is 0 Å². The Balaban J connectivity index is 4.08. The van der Waals surface area contributed by atoms with Gasteiger partial charge in [-0.1, -0.05) is 40.0 Å². The first-order chi connectivity index (χ1) is 12.4. The normalized spacial score (nSPS) is 17.9. The highest BCUT2D eigenvalue weighted by Crippen LogP contribution is 2.13. The van der Waals surface area contributed by atoms with Crippen LogP contribution in [-0.2, 0) is 4.74 Å². The third-order valence-corrected chi connectivity index (χ3v) is 4.88. The molecule has 7 nitrogen and oxygen atoms in total. The van der Waals surface area contributed by atoms with Gasteiger partial charge in [0.1, 0.15) is 18.3 Å². The maximum atomic E-state index is 10.0. The van der Waals surface area contributed by atoms with Gasteiger partial charge < -0.3 is 35.2 Å². The molecule has 0 amide bonds. The van der Waals surface area contributed by atoms with Crippen molar-refractivity contribution < 1.29 is 30.3 Å². The van der Waals surface area contributed by atoms with Crippen molar-refractivity contribution in [3.05, 3.63) is 0 Å². The predicted octanol–water partition coefficient (Wildman–Crippen LogP) is 0.367. The monoisotopic (exact) mass is 379 g/mol. The average Bonchev–Trinajstić information content (AvgIpc) is 2.66. The fraction of sp³-hybridized carbons (Fsp3) is 1.00. The second-order valence-electron chi connectivity index (χ2n) is 7.04. The van der Waals surface area contributed by atoms with Crippen molar-refractivity contribution in [1.29, 1.82) is 0 Å². The fourth-order valence-electron chi connectivity index (χ4n) is 2.85. The summed E-state index contributed by atoms with van der Waals surface area (Å²) in [5.41, 5.74) is 0. The van der Waals surface area contributed by atoms with Gasteiger partial charge in [0.15, 0.2) is 0 Å². The molecule has 0 saturated heterocycles. The molecule has 0 fully saturated rings. The maximum absolute atomic E-state index is 10.0. The van der Waals surface area contributed by atoms with Crippen molar-refractivity contribution in [3.8, 4) is 0 Å². The zero-order valence-corrected chi connectivity index (χ0v) is 16.8. The fourth-order valence-corrected chi connectivity index (χ4v) is 2.85. The Hall–Kier alpha value is -0.280. The number of likely N-dealkylation sites (N-methyl/N-ethyl adjacent to an activating group) is 1. The number of ether oxygens (including phenoxy) is 1. The van der Waals surface area contributed by atoms with Crippen LogP contribution in [0.15, 0.2) is 0 Å². The van der Waals surface area contributed by atoms with Crippen LogP contribution < -0.4 is 0 Å². The number of nitrogens with zero attached hydrogens (tertiary/aromatic N) is 1. The Labute approximate surface area is 158 Å². The van der Waals surface area contributed by atoms with E-state index in [1.54, 1.807) is 0 Å². The molecule has 0 radical (unpaired) electrons. The van der Waals surface area contributed by atoms with Crippen molar-refractivity contribution >= 4 is 0 Å². The van der Waals surface area contributed by atoms with Gasteiger partial charge in [-0.05, 0) is 25.3 Å². The molecule has 0 heterocycles. The van der Waals surface area contributed by atoms with Crippen LogP contribution in [0.1, 0.15) is 52.9 Å². The minimum absolute atomic E-state index is 0.182. The topological polar surface area (TPSA) is 114 Å². The predicted molar refractivity (Wildman–Crippen MR) is 102 cm³/mol. The lowest BCUT2D eigenvalue weighted by Crippen LogP contribution is -2.49. The second kappa shape index (κ2) is 15.7. The van der Waals surface area contributed by atoms with Crippen LogP contribution in [0.3, 0.4) is 0 Å². The van der Waals surface area contributed by atoms with E-state index in [0.717, 1.165) is 19.4 Å². The van der Waals surface area contributed by atoms with Crippen molar-refractivity contribution in [3.63, 3.8) is 0 Å². The highest BCUT2D eigenvalue weighted by atomic mass is 16.5. The Morgan fingerprint density at radius 1 is 0.923 bits per heavy atom. The summed E-state index contributed by atoms with van der Waals surface area (Å²) in [6, 6.07) is 0. The van der Waals surface area contributed by atoms with Crippen molar-refractivity contribution in [2.75, 3.05) is 39.5 Å². The number of unbranched alkanes of at least 4 members (excludes halogenated alkanes) is 1. The average molecular weight is 380 g/mol. The third kappa shape index (κ3) is 10.8. The Morgan fingerprint density at radius 3 is 2.12 bits per heavy atom. The molecule has 0 bridgehead atoms. The highest BCUT2D eigenvalue weighted by molar-refractivity contribution is 4.82. The van der Waals surface area contributed by atoms with Gasteiger partial charge in [0, 0.05) is 26.3 Å². The number of rotatable bonds is 17. The minimum atomic E-state index is -1.58. The van der Waals surface area contributed by atoms with Gasteiger partial charge in [-0.15, -0.1) is 0 Å². The van der Waals surface area contributed by atoms with Crippen LogP contribution in [0, 0.1) is 5.92 Å². The van der Waals surface area contributed by atoms with E-state index in [0.29, 0.717) is 25.6 Å². The molecule has 1 unspecified atom stereocenters. The number of hydrogen-bond acceptors (Lipinski definition) is 7. The summed E-state index contributed by atoms with van der Waals surface area (Å²) in [6.07, 6.45) is -0.149. The zero-order valence-electron chi connectivity index (χ0n) is 16.8. The van der Waals surface area contributed by atoms with Gasteiger partial charge in [-0.2, -0.15) is 0 Å². The van der Waals surface area contributed by atoms with Crippen molar-refractivity contribution in [2.24, 2.45) is 5.92 Å². The van der Waals surface area contributed by atoms with Crippen molar-refractivity contribution in [2.45, 2.75) is 77.3 Å². The van der Waals surface area contributed by atoms with Gasteiger partial charge in [-0.3, -0.25) is 0 Å². The van der Waals surface area contributed by atoms with E-state index in [4.69, 9.17) is 9.84 Å². The molecule has 5 N–H and O–H groups in total. The molecular formula is C19H41NO6. The lowest BCUT2D eigenvalue weighted by molar-refractivity contribution is -0.119. The SMILES string of the molecule is CCCCC(CC)COCCCN(CC)C[C@H](O)[C@@H](O)[C@H](O)[C@H](O)CO. The largest absolute Gasteiger partial charge is 0.394 e. The zero-order chi connectivity index (χ0) is 19.9. The summed E-state index contributed by atoms with van der Waals surface area (Å²) in [7, 11) is 0. The van der Waals surface area contributed by atoms with E-state index in [2.05, 4.69) is 13.8 Å². The molecule has 0 saturated carbocycles. The molecule has 0 aromatic heterocycles. The lowest BCUT2D eigenvalue weighted by Gasteiger charge is -2.29. The van der Waals surface area contributed by atoms with E-state index in [9.17, 15) is 20.4 Å². The summed E-state index contributed by atoms with van der Waals surface area (Å²) >= 11 is 0. The van der Waals surface area contributed by atoms with Crippen LogP contribution in [0.4, 0.5) is 0 Å². The third-order valence-electron chi connectivity index (χ3n) is 4.88. The van der Waals surface area contributed by atoms with E-state index >= 15 is 0 Å². The minimum Gasteiger partial charge on any atom is -0.394 e. The number of hydrogen-bond donors (Lipinski definition) is 5. The Kier molecular flexibility index (Phi) is 15.6. The standard InChI is InChI=1S/C19H41NO6/c1-4-7-9-15(5-2)14-26-11-8-10-20(6-3)12-16(22)18(24)19(25)17(23)13-21/h15-19,21-25H,4-14H2,1-3H3/t15?,16-,17+,18+,19+/m0/s1. The van der Waals surface area contributed by atoms with Gasteiger partial charge in [0.05, 0.1) is 12.7 Å². The second-order valence-corrected chi connectivity index (χ2v) is 7.04. The van der Waals surface area contributed by atoms with Gasteiger partial charge in [-0.25, -0.2) is 0 Å². The number of aliphatic hydroxyl groups is 5. The van der Waals surface area contributed by atoms with Gasteiger partial charge in [0.25, 0.3) is 0 Å². The van der Waals surface area contributed by atoms with Crippen LogP contribution in [0.25, 0.3) is 0 Å². The molecule has 7 heteroatoms. The highest BCUT2D eigenvalue weighted by Gasteiger charge is 2.30. The molecule has 0 aliphatic rings. The molecule has 5 atom stereocenters. The molecule has 0 aliphatic heterocycles. The first kappa shape index (κ1) is 25.7. The number of aliphatic hydroxyl groups excluding tert-OH is 5. The summed E-state index contributed by atoms with van der Waals surface area (Å²) in [4.78, 5) is 1.96. The summed E-state index contributed by atoms with van der Waals surface area (Å²) in [5, 5.41) is 47.8. The summed E-state index contributed by atoms with van der Waals surface area (Å²) < 4.78 is 5.78. The smallest absolute Gasteiger partial charge is 0.111 e. The molecular weight excluding hydrogens is 338 g/mol. The van der Waals surface area contributed by atoms with Crippen LogP contribution in [-0.4, -0.2) is 94.3 Å². The molecule has 0 spiro atoms. The van der Waals surface area contributed by atoms with Crippen LogP contribution in [0.5, 0.6) is 0 Å². The Morgan fingerprint density at radius 2 is 1.58 bits per heavy atom. The van der Waals surface area contributed by atoms with Gasteiger partial charge in [0.2, 0.25) is 0 Å². The van der Waals surface area contributed by atoms with E-state index < -0.39 is 31.0 Å². The van der Waals surface area contributed by atoms with E-state index in [1.165, 1.54) is 19.3 Å². The Bertz CT molecular complexity index is 320. The van der Waals surface area contributed by atoms with Crippen molar-refractivity contribution in [1.82, 2.24) is 4.90 Å². The molecule has 0 aliphatic carbocycles. The van der Waals surface area contributed by atoms with E-state index in [1.807, 2.05) is 11.8 Å². The maximum Gasteiger partial charge on any atom is 0.111 e. The quantitative estimate of drug-likeness (QED) is 0.232. The molecule has 158 valence electrons. The van der Waals surface area contributed by atoms with E-state index in [-0.39, 0.29) is 6.54 Å². The molecule has 0 aromatic carbocycles. The first-order valence-electron chi connectivity index (χ1n) is 10.0. The van der Waals surface area contributed by atoms with Gasteiger partial charge >= 0.3 is 0 Å². The summed E-state index contributed by atoms with van der Waals surface area (Å²) in [5.74, 6) is 0.619. The molecule has 0 rings (SSSR count). The summed E-state index contributed by atoms with van der Waals surface area (Å²) in [6.45, 7) is 8.70. The first-order valence-corrected chi connectivity index (χ1v) is 10.0.